The van der Waals surface area contributed by atoms with E-state index in [1.165, 1.54) is 0 Å². The number of fused-ring (bicyclic) bond motifs is 1. The SMILES string of the molecule is Cc1ncccc1C(=O)NC(=S)Nc1ccc2c(c1)OC(c1ccccc1)O2. The van der Waals surface area contributed by atoms with E-state index in [1.54, 1.807) is 37.4 Å². The lowest BCUT2D eigenvalue weighted by atomic mass is 10.2. The van der Waals surface area contributed by atoms with Crippen molar-refractivity contribution in [2.45, 2.75) is 13.2 Å². The molecule has 0 fully saturated rings. The van der Waals surface area contributed by atoms with Crippen LogP contribution in [0.3, 0.4) is 0 Å². The average molecular weight is 391 g/mol. The number of aromatic nitrogens is 1. The molecule has 0 spiro atoms. The normalized spacial score (nSPS) is 14.4. The quantitative estimate of drug-likeness (QED) is 0.658. The van der Waals surface area contributed by atoms with Crippen LogP contribution in [-0.2, 0) is 0 Å². The van der Waals surface area contributed by atoms with Gasteiger partial charge in [0.2, 0.25) is 0 Å². The third-order valence-corrected chi connectivity index (χ3v) is 4.42. The number of benzene rings is 2. The van der Waals surface area contributed by atoms with Crippen LogP contribution in [0.25, 0.3) is 0 Å². The Hall–Kier alpha value is -3.45. The maximum Gasteiger partial charge on any atom is 0.267 e. The maximum atomic E-state index is 12.3. The van der Waals surface area contributed by atoms with Crippen molar-refractivity contribution >= 4 is 28.9 Å². The van der Waals surface area contributed by atoms with Crippen molar-refractivity contribution in [2.24, 2.45) is 0 Å². The lowest BCUT2D eigenvalue weighted by Gasteiger charge is -2.11. The van der Waals surface area contributed by atoms with Crippen molar-refractivity contribution in [1.29, 1.82) is 0 Å². The van der Waals surface area contributed by atoms with Crippen LogP contribution in [0.15, 0.2) is 66.9 Å². The van der Waals surface area contributed by atoms with E-state index in [0.717, 1.165) is 5.56 Å². The number of rotatable bonds is 3. The Kier molecular flexibility index (Phi) is 4.90. The summed E-state index contributed by atoms with van der Waals surface area (Å²) in [5.41, 5.74) is 2.73. The second-order valence-electron chi connectivity index (χ2n) is 6.18. The van der Waals surface area contributed by atoms with Gasteiger partial charge < -0.3 is 14.8 Å². The Labute approximate surface area is 167 Å². The molecule has 0 radical (unpaired) electrons. The van der Waals surface area contributed by atoms with Crippen molar-refractivity contribution in [3.63, 3.8) is 0 Å². The third-order valence-electron chi connectivity index (χ3n) is 4.22. The number of hydrogen-bond donors (Lipinski definition) is 2. The van der Waals surface area contributed by atoms with Crippen molar-refractivity contribution in [1.82, 2.24) is 10.3 Å². The second-order valence-corrected chi connectivity index (χ2v) is 6.59. The summed E-state index contributed by atoms with van der Waals surface area (Å²) in [5, 5.41) is 5.83. The fraction of sp³-hybridized carbons (Fsp3) is 0.0952. The van der Waals surface area contributed by atoms with Gasteiger partial charge in [0.15, 0.2) is 16.6 Å². The van der Waals surface area contributed by atoms with Gasteiger partial charge in [-0.1, -0.05) is 30.3 Å². The largest absolute Gasteiger partial charge is 0.447 e. The molecule has 140 valence electrons. The first kappa shape index (κ1) is 17.9. The number of carbonyl (C=O) groups is 1. The number of anilines is 1. The summed E-state index contributed by atoms with van der Waals surface area (Å²) in [7, 11) is 0. The van der Waals surface area contributed by atoms with E-state index in [4.69, 9.17) is 21.7 Å². The second kappa shape index (κ2) is 7.66. The summed E-state index contributed by atoms with van der Waals surface area (Å²) in [6.07, 6.45) is 1.16. The highest BCUT2D eigenvalue weighted by Crippen LogP contribution is 2.41. The molecule has 1 aromatic heterocycles. The van der Waals surface area contributed by atoms with Gasteiger partial charge in [-0.2, -0.15) is 0 Å². The van der Waals surface area contributed by atoms with Crippen LogP contribution in [0.2, 0.25) is 0 Å². The molecule has 1 unspecified atom stereocenters. The van der Waals surface area contributed by atoms with Gasteiger partial charge in [-0.15, -0.1) is 0 Å². The van der Waals surface area contributed by atoms with E-state index >= 15 is 0 Å². The highest BCUT2D eigenvalue weighted by atomic mass is 32.1. The number of hydrogen-bond acceptors (Lipinski definition) is 5. The average Bonchev–Trinajstić information content (AvgIpc) is 3.12. The molecule has 1 amide bonds. The highest BCUT2D eigenvalue weighted by molar-refractivity contribution is 7.80. The van der Waals surface area contributed by atoms with Crippen LogP contribution in [0, 0.1) is 6.92 Å². The summed E-state index contributed by atoms with van der Waals surface area (Å²) in [6, 6.07) is 18.5. The van der Waals surface area contributed by atoms with Crippen LogP contribution in [0.5, 0.6) is 11.5 Å². The Balaban J connectivity index is 1.41. The first-order valence-electron chi connectivity index (χ1n) is 8.66. The number of carbonyl (C=O) groups excluding carboxylic acids is 1. The summed E-state index contributed by atoms with van der Waals surface area (Å²) in [6.45, 7) is 1.77. The molecule has 28 heavy (non-hydrogen) atoms. The molecule has 0 aliphatic carbocycles. The van der Waals surface area contributed by atoms with Crippen molar-refractivity contribution < 1.29 is 14.3 Å². The van der Waals surface area contributed by atoms with Crippen LogP contribution in [0.1, 0.15) is 27.9 Å². The summed E-state index contributed by atoms with van der Waals surface area (Å²) >= 11 is 5.25. The number of nitrogens with one attached hydrogen (secondary N) is 2. The number of pyridine rings is 1. The predicted molar refractivity (Wildman–Crippen MR) is 110 cm³/mol. The van der Waals surface area contributed by atoms with Gasteiger partial charge in [0, 0.05) is 29.2 Å². The topological polar surface area (TPSA) is 72.5 Å². The summed E-state index contributed by atoms with van der Waals surface area (Å²) in [4.78, 5) is 16.4. The fourth-order valence-corrected chi connectivity index (χ4v) is 3.04. The van der Waals surface area contributed by atoms with E-state index in [2.05, 4.69) is 15.6 Å². The number of nitrogens with zero attached hydrogens (tertiary/aromatic N) is 1. The maximum absolute atomic E-state index is 12.3. The zero-order chi connectivity index (χ0) is 19.5. The number of thiocarbonyl (C=S) groups is 1. The molecular formula is C21H17N3O3S. The molecule has 1 atom stereocenters. The molecule has 1 aliphatic heterocycles. The monoisotopic (exact) mass is 391 g/mol. The van der Waals surface area contributed by atoms with Crippen LogP contribution >= 0.6 is 12.2 Å². The molecule has 2 aromatic carbocycles. The van der Waals surface area contributed by atoms with Gasteiger partial charge in [0.1, 0.15) is 0 Å². The lowest BCUT2D eigenvalue weighted by Crippen LogP contribution is -2.34. The van der Waals surface area contributed by atoms with Crippen LogP contribution < -0.4 is 20.1 Å². The summed E-state index contributed by atoms with van der Waals surface area (Å²) in [5.74, 6) is 0.949. The molecule has 0 saturated heterocycles. The first-order chi connectivity index (χ1) is 13.6. The Morgan fingerprint density at radius 1 is 1.04 bits per heavy atom. The van der Waals surface area contributed by atoms with E-state index in [9.17, 15) is 4.79 Å². The first-order valence-corrected chi connectivity index (χ1v) is 9.07. The van der Waals surface area contributed by atoms with Crippen molar-refractivity contribution in [3.8, 4) is 11.5 Å². The third kappa shape index (κ3) is 3.79. The van der Waals surface area contributed by atoms with Crippen LogP contribution in [0.4, 0.5) is 5.69 Å². The Morgan fingerprint density at radius 2 is 1.82 bits per heavy atom. The predicted octanol–water partition coefficient (Wildman–Crippen LogP) is 3.99. The van der Waals surface area contributed by atoms with E-state index < -0.39 is 6.29 Å². The molecule has 3 aromatic rings. The lowest BCUT2D eigenvalue weighted by molar-refractivity contribution is 0.0487. The minimum absolute atomic E-state index is 0.187. The molecule has 1 aliphatic rings. The van der Waals surface area contributed by atoms with Gasteiger partial charge in [-0.3, -0.25) is 15.1 Å². The van der Waals surface area contributed by atoms with Crippen molar-refractivity contribution in [2.75, 3.05) is 5.32 Å². The van der Waals surface area contributed by atoms with Crippen LogP contribution in [-0.4, -0.2) is 16.0 Å². The zero-order valence-electron chi connectivity index (χ0n) is 15.0. The summed E-state index contributed by atoms with van der Waals surface area (Å²) < 4.78 is 11.7. The van der Waals surface area contributed by atoms with E-state index in [-0.39, 0.29) is 11.0 Å². The zero-order valence-corrected chi connectivity index (χ0v) is 15.8. The van der Waals surface area contributed by atoms with E-state index in [0.29, 0.717) is 28.4 Å². The fourth-order valence-electron chi connectivity index (χ4n) is 2.83. The minimum Gasteiger partial charge on any atom is -0.447 e. The molecule has 6 nitrogen and oxygen atoms in total. The Bertz CT molecular complexity index is 1040. The van der Waals surface area contributed by atoms with Gasteiger partial charge >= 0.3 is 0 Å². The van der Waals surface area contributed by atoms with Crippen molar-refractivity contribution in [3.05, 3.63) is 83.7 Å². The molecule has 0 bridgehead atoms. The molecule has 7 heteroatoms. The smallest absolute Gasteiger partial charge is 0.267 e. The number of aryl methyl sites for hydroxylation is 1. The standard InChI is InChI=1S/C21H17N3O3S/c1-13-16(8-5-11-22-13)19(25)24-21(28)23-15-9-10-17-18(12-15)27-20(26-17)14-6-3-2-4-7-14/h2-12,20H,1H3,(H2,23,24,25,28). The molecule has 2 heterocycles. The number of amides is 1. The molecular weight excluding hydrogens is 374 g/mol. The molecule has 2 N–H and O–H groups in total. The molecule has 4 rings (SSSR count). The van der Waals surface area contributed by atoms with Gasteiger partial charge in [0.05, 0.1) is 5.56 Å². The van der Waals surface area contributed by atoms with Gasteiger partial charge in [-0.05, 0) is 43.4 Å². The van der Waals surface area contributed by atoms with Gasteiger partial charge in [-0.25, -0.2) is 0 Å². The Morgan fingerprint density at radius 3 is 2.61 bits per heavy atom. The van der Waals surface area contributed by atoms with E-state index in [1.807, 2.05) is 36.4 Å². The minimum atomic E-state index is -0.480. The number of ether oxygens (including phenoxy) is 2. The highest BCUT2D eigenvalue weighted by Gasteiger charge is 2.26. The van der Waals surface area contributed by atoms with Gasteiger partial charge in [0.25, 0.3) is 12.2 Å². The molecule has 0 saturated carbocycles.